The lowest BCUT2D eigenvalue weighted by Crippen LogP contribution is -2.45. The zero-order valence-corrected chi connectivity index (χ0v) is 11.2. The number of nitrogens with zero attached hydrogens (tertiary/aromatic N) is 2. The second-order valence-electron chi connectivity index (χ2n) is 5.05. The van der Waals surface area contributed by atoms with Crippen molar-refractivity contribution in [2.24, 2.45) is 0 Å². The van der Waals surface area contributed by atoms with Gasteiger partial charge in [-0.3, -0.25) is 4.79 Å². The predicted molar refractivity (Wildman–Crippen MR) is 76.4 cm³/mol. The van der Waals surface area contributed by atoms with Crippen LogP contribution in [0.1, 0.15) is 18.4 Å². The van der Waals surface area contributed by atoms with Crippen LogP contribution in [0.15, 0.2) is 42.7 Å². The van der Waals surface area contributed by atoms with Crippen molar-refractivity contribution in [2.75, 3.05) is 6.54 Å². The summed E-state index contributed by atoms with van der Waals surface area (Å²) in [6.45, 7) is 1.49. The van der Waals surface area contributed by atoms with Gasteiger partial charge in [0.2, 0.25) is 5.91 Å². The topological polar surface area (TPSA) is 59.0 Å². The zero-order chi connectivity index (χ0) is 13.8. The molecule has 3 rings (SSSR count). The van der Waals surface area contributed by atoms with Gasteiger partial charge in [0.25, 0.3) is 0 Å². The molecular weight excluding hydrogens is 252 g/mol. The third kappa shape index (κ3) is 3.05. The highest BCUT2D eigenvalue weighted by atomic mass is 16.1. The van der Waals surface area contributed by atoms with Crippen molar-refractivity contribution >= 4 is 5.91 Å². The van der Waals surface area contributed by atoms with Gasteiger partial charge in [0, 0.05) is 37.3 Å². The zero-order valence-electron chi connectivity index (χ0n) is 11.2. The fourth-order valence-electron chi connectivity index (χ4n) is 2.34. The molecule has 0 aliphatic carbocycles. The van der Waals surface area contributed by atoms with E-state index in [1.165, 1.54) is 0 Å². The first-order valence-corrected chi connectivity index (χ1v) is 6.90. The monoisotopic (exact) mass is 270 g/mol. The predicted octanol–water partition coefficient (Wildman–Crippen LogP) is 1.24. The van der Waals surface area contributed by atoms with Gasteiger partial charge in [0.05, 0.1) is 11.9 Å². The van der Waals surface area contributed by atoms with Gasteiger partial charge in [0.15, 0.2) is 0 Å². The van der Waals surface area contributed by atoms with Crippen LogP contribution in [-0.4, -0.2) is 28.3 Å². The van der Waals surface area contributed by atoms with Gasteiger partial charge in [-0.1, -0.05) is 18.2 Å². The van der Waals surface area contributed by atoms with E-state index < -0.39 is 0 Å². The normalized spacial score (nSPS) is 18.8. The van der Waals surface area contributed by atoms with Crippen LogP contribution < -0.4 is 10.6 Å². The summed E-state index contributed by atoms with van der Waals surface area (Å²) in [5, 5.41) is 10.7. The maximum atomic E-state index is 11.1. The molecule has 104 valence electrons. The smallest absolute Gasteiger partial charge is 0.220 e. The Labute approximate surface area is 118 Å². The van der Waals surface area contributed by atoms with Gasteiger partial charge in [-0.25, -0.2) is 4.68 Å². The number of piperidine rings is 1. The molecular formula is C15H18N4O. The molecule has 1 unspecified atom stereocenters. The fourth-order valence-corrected chi connectivity index (χ4v) is 2.34. The summed E-state index contributed by atoms with van der Waals surface area (Å²) in [6.07, 6.45) is 5.42. The Morgan fingerprint density at radius 2 is 2.20 bits per heavy atom. The Morgan fingerprint density at radius 3 is 2.95 bits per heavy atom. The Bertz CT molecular complexity index is 569. The summed E-state index contributed by atoms with van der Waals surface area (Å²) >= 11 is 0. The molecule has 0 spiro atoms. The average Bonchev–Trinajstić information content (AvgIpc) is 2.97. The molecule has 1 aliphatic rings. The number of rotatable bonds is 4. The van der Waals surface area contributed by atoms with E-state index in [2.05, 4.69) is 15.7 Å². The van der Waals surface area contributed by atoms with Crippen molar-refractivity contribution in [3.05, 3.63) is 48.3 Å². The largest absolute Gasteiger partial charge is 0.355 e. The van der Waals surface area contributed by atoms with Crippen LogP contribution in [0.3, 0.4) is 0 Å². The molecule has 1 amide bonds. The van der Waals surface area contributed by atoms with Crippen molar-refractivity contribution in [2.45, 2.75) is 25.4 Å². The molecule has 5 nitrogen and oxygen atoms in total. The highest BCUT2D eigenvalue weighted by Gasteiger charge is 2.17. The van der Waals surface area contributed by atoms with E-state index >= 15 is 0 Å². The summed E-state index contributed by atoms with van der Waals surface area (Å²) in [6, 6.07) is 10.4. The molecule has 20 heavy (non-hydrogen) atoms. The highest BCUT2D eigenvalue weighted by Crippen LogP contribution is 2.09. The number of amides is 1. The first-order chi connectivity index (χ1) is 9.81. The second-order valence-corrected chi connectivity index (χ2v) is 5.05. The average molecular weight is 270 g/mol. The minimum absolute atomic E-state index is 0.153. The molecule has 0 bridgehead atoms. The van der Waals surface area contributed by atoms with Gasteiger partial charge in [-0.05, 0) is 18.6 Å². The molecule has 0 saturated carbocycles. The van der Waals surface area contributed by atoms with E-state index in [9.17, 15) is 4.79 Å². The van der Waals surface area contributed by atoms with Crippen molar-refractivity contribution in [1.82, 2.24) is 20.4 Å². The van der Waals surface area contributed by atoms with Crippen LogP contribution in [0, 0.1) is 0 Å². The maximum Gasteiger partial charge on any atom is 0.220 e. The molecule has 2 aromatic rings. The molecule has 1 atom stereocenters. The highest BCUT2D eigenvalue weighted by molar-refractivity contribution is 5.76. The third-order valence-corrected chi connectivity index (χ3v) is 3.52. The molecule has 5 heteroatoms. The van der Waals surface area contributed by atoms with E-state index in [-0.39, 0.29) is 5.91 Å². The first-order valence-electron chi connectivity index (χ1n) is 6.90. The Balaban J connectivity index is 1.57. The summed E-state index contributed by atoms with van der Waals surface area (Å²) in [4.78, 5) is 11.1. The number of carbonyl (C=O) groups excluding carboxylic acids is 1. The summed E-state index contributed by atoms with van der Waals surface area (Å²) in [7, 11) is 0. The van der Waals surface area contributed by atoms with Crippen LogP contribution in [0.5, 0.6) is 0 Å². The maximum absolute atomic E-state index is 11.1. The van der Waals surface area contributed by atoms with Gasteiger partial charge >= 0.3 is 0 Å². The van der Waals surface area contributed by atoms with Gasteiger partial charge in [-0.2, -0.15) is 5.10 Å². The standard InChI is InChI=1S/C15H18N4O/c20-15-7-6-13(10-17-15)16-8-12-9-18-19(11-12)14-4-2-1-3-5-14/h1-5,9,11,13,16H,6-8,10H2,(H,17,20). The Kier molecular flexibility index (Phi) is 3.78. The molecule has 0 radical (unpaired) electrons. The first kappa shape index (κ1) is 12.9. The minimum Gasteiger partial charge on any atom is -0.355 e. The van der Waals surface area contributed by atoms with E-state index in [0.29, 0.717) is 19.0 Å². The molecule has 1 aromatic heterocycles. The molecule has 2 heterocycles. The van der Waals surface area contributed by atoms with E-state index in [0.717, 1.165) is 24.2 Å². The molecule has 1 aromatic carbocycles. The van der Waals surface area contributed by atoms with Gasteiger partial charge in [0.1, 0.15) is 0 Å². The third-order valence-electron chi connectivity index (χ3n) is 3.52. The fraction of sp³-hybridized carbons (Fsp3) is 0.333. The van der Waals surface area contributed by atoms with E-state index in [4.69, 9.17) is 0 Å². The lowest BCUT2D eigenvalue weighted by Gasteiger charge is -2.23. The molecule has 1 fully saturated rings. The van der Waals surface area contributed by atoms with Crippen molar-refractivity contribution < 1.29 is 4.79 Å². The number of carbonyl (C=O) groups is 1. The quantitative estimate of drug-likeness (QED) is 0.879. The molecule has 1 saturated heterocycles. The van der Waals surface area contributed by atoms with Gasteiger partial charge < -0.3 is 10.6 Å². The van der Waals surface area contributed by atoms with Crippen LogP contribution in [0.2, 0.25) is 0 Å². The lowest BCUT2D eigenvalue weighted by molar-refractivity contribution is -0.122. The lowest BCUT2D eigenvalue weighted by atomic mass is 10.1. The SMILES string of the molecule is O=C1CCC(NCc2cnn(-c3ccccc3)c2)CN1. The Morgan fingerprint density at radius 1 is 1.35 bits per heavy atom. The number of hydrogen-bond acceptors (Lipinski definition) is 3. The van der Waals surface area contributed by atoms with Crippen LogP contribution >= 0.6 is 0 Å². The number of aromatic nitrogens is 2. The Hall–Kier alpha value is -2.14. The van der Waals surface area contributed by atoms with E-state index in [1.807, 2.05) is 47.4 Å². The van der Waals surface area contributed by atoms with Gasteiger partial charge in [-0.15, -0.1) is 0 Å². The van der Waals surface area contributed by atoms with Crippen molar-refractivity contribution in [1.29, 1.82) is 0 Å². The number of para-hydroxylation sites is 1. The minimum atomic E-state index is 0.153. The summed E-state index contributed by atoms with van der Waals surface area (Å²) in [5.74, 6) is 0.153. The van der Waals surface area contributed by atoms with Crippen molar-refractivity contribution in [3.63, 3.8) is 0 Å². The van der Waals surface area contributed by atoms with Crippen LogP contribution in [-0.2, 0) is 11.3 Å². The van der Waals surface area contributed by atoms with Crippen LogP contribution in [0.4, 0.5) is 0 Å². The molecule has 2 N–H and O–H groups in total. The summed E-state index contributed by atoms with van der Waals surface area (Å²) in [5.41, 5.74) is 2.20. The van der Waals surface area contributed by atoms with E-state index in [1.54, 1.807) is 0 Å². The number of nitrogens with one attached hydrogen (secondary N) is 2. The number of benzene rings is 1. The number of hydrogen-bond donors (Lipinski definition) is 2. The van der Waals surface area contributed by atoms with Crippen LogP contribution in [0.25, 0.3) is 5.69 Å². The van der Waals surface area contributed by atoms with Crippen molar-refractivity contribution in [3.8, 4) is 5.69 Å². The summed E-state index contributed by atoms with van der Waals surface area (Å²) < 4.78 is 1.87. The second kappa shape index (κ2) is 5.88. The molecule has 1 aliphatic heterocycles.